The van der Waals surface area contributed by atoms with Gasteiger partial charge < -0.3 is 0 Å². The van der Waals surface area contributed by atoms with Crippen LogP contribution in [0.3, 0.4) is 0 Å². The Labute approximate surface area is 361 Å². The molecule has 0 saturated carbocycles. The molecule has 0 aliphatic carbocycles. The Balaban J connectivity index is 1.17. The molecule has 0 radical (unpaired) electrons. The predicted octanol–water partition coefficient (Wildman–Crippen LogP) is 14.7. The highest BCUT2D eigenvalue weighted by atomic mass is 32.1. The molecule has 0 unspecified atom stereocenters. The van der Waals surface area contributed by atoms with Crippen LogP contribution < -0.4 is 0 Å². The van der Waals surface area contributed by atoms with Crippen molar-refractivity contribution in [3.8, 4) is 73.4 Å². The number of hydrogen-bond acceptors (Lipinski definition) is 5. The Kier molecular flexibility index (Phi) is 8.61. The summed E-state index contributed by atoms with van der Waals surface area (Å²) >= 11 is 1.82. The summed E-state index contributed by atoms with van der Waals surface area (Å²) < 4.78 is 4.82. The second kappa shape index (κ2) is 14.9. The molecule has 0 bridgehead atoms. The monoisotopic (exact) mass is 809 g/mol. The van der Waals surface area contributed by atoms with Crippen molar-refractivity contribution in [1.29, 1.82) is 0 Å². The van der Waals surface area contributed by atoms with E-state index in [1.165, 1.54) is 31.1 Å². The highest BCUT2D eigenvalue weighted by Gasteiger charge is 2.24. The minimum Gasteiger partial charge on any atom is -0.292 e. The van der Waals surface area contributed by atoms with Gasteiger partial charge in [0.25, 0.3) is 0 Å². The Hall–Kier alpha value is -8.06. The number of fused-ring (bicyclic) bond motifs is 7. The molecule has 12 rings (SSSR count). The average molecular weight is 810 g/mol. The summed E-state index contributed by atoms with van der Waals surface area (Å²) in [5, 5.41) is 4.77. The summed E-state index contributed by atoms with van der Waals surface area (Å²) in [6.45, 7) is 0. The zero-order chi connectivity index (χ0) is 41.0. The second-order valence-corrected chi connectivity index (χ2v) is 16.5. The Bertz CT molecular complexity index is 3560. The third-order valence-electron chi connectivity index (χ3n) is 11.7. The lowest BCUT2D eigenvalue weighted by atomic mass is 9.91. The van der Waals surface area contributed by atoms with Gasteiger partial charge >= 0.3 is 0 Å². The summed E-state index contributed by atoms with van der Waals surface area (Å²) in [6, 6.07) is 72.3. The molecule has 0 spiro atoms. The molecule has 0 amide bonds. The molecule has 0 atom stereocenters. The molecule has 62 heavy (non-hydrogen) atoms. The fraction of sp³-hybridized carbons (Fsp3) is 0. The minimum atomic E-state index is 0.541. The molecular formula is C56H35N5S. The third-order valence-corrected chi connectivity index (χ3v) is 12.9. The van der Waals surface area contributed by atoms with E-state index in [1.807, 2.05) is 78.2 Å². The van der Waals surface area contributed by atoms with Crippen molar-refractivity contribution in [1.82, 2.24) is 24.5 Å². The Morgan fingerprint density at radius 2 is 0.903 bits per heavy atom. The van der Waals surface area contributed by atoms with Gasteiger partial charge in [0.1, 0.15) is 5.82 Å². The second-order valence-electron chi connectivity index (χ2n) is 15.4. The standard InChI is InChI=1S/C56H35N5S/c1-5-17-36(18-6-1)42-30-29-40(33-46(42)37-19-7-2-8-20-37)41-34-47(55-59-53(38-21-9-3-10-22-38)58-54(60-55)39-23-11-4-12-24-39)56(57-35-41)61-48-27-15-13-25-43(48)44-31-32-50-51(52(44)61)45-26-14-16-28-49(45)62-50/h1-35H. The first-order chi connectivity index (χ1) is 30.7. The van der Waals surface area contributed by atoms with Crippen LogP contribution in [0.15, 0.2) is 212 Å². The molecule has 6 heteroatoms. The van der Waals surface area contributed by atoms with Gasteiger partial charge in [-0.05, 0) is 58.1 Å². The van der Waals surface area contributed by atoms with Crippen molar-refractivity contribution in [2.75, 3.05) is 0 Å². The molecule has 0 aliphatic heterocycles. The van der Waals surface area contributed by atoms with Gasteiger partial charge in [0, 0.05) is 53.8 Å². The summed E-state index contributed by atoms with van der Waals surface area (Å²) in [5.41, 5.74) is 11.4. The van der Waals surface area contributed by atoms with E-state index in [-0.39, 0.29) is 0 Å². The number of para-hydroxylation sites is 1. The van der Waals surface area contributed by atoms with Gasteiger partial charge in [-0.2, -0.15) is 0 Å². The van der Waals surface area contributed by atoms with E-state index in [2.05, 4.69) is 150 Å². The van der Waals surface area contributed by atoms with E-state index < -0.39 is 0 Å². The molecule has 4 heterocycles. The Morgan fingerprint density at radius 1 is 0.355 bits per heavy atom. The zero-order valence-electron chi connectivity index (χ0n) is 33.4. The number of pyridine rings is 1. The minimum absolute atomic E-state index is 0.541. The van der Waals surface area contributed by atoms with Crippen molar-refractivity contribution in [2.45, 2.75) is 0 Å². The van der Waals surface area contributed by atoms with Crippen molar-refractivity contribution in [2.24, 2.45) is 0 Å². The summed E-state index contributed by atoms with van der Waals surface area (Å²) in [4.78, 5) is 21.2. The van der Waals surface area contributed by atoms with Crippen LogP contribution in [0.25, 0.3) is 115 Å². The number of thiophene rings is 1. The highest BCUT2D eigenvalue weighted by molar-refractivity contribution is 7.26. The maximum absolute atomic E-state index is 5.50. The van der Waals surface area contributed by atoms with Crippen molar-refractivity contribution in [3.05, 3.63) is 212 Å². The first kappa shape index (κ1) is 35.8. The number of hydrogen-bond donors (Lipinski definition) is 0. The van der Waals surface area contributed by atoms with E-state index in [1.54, 1.807) is 0 Å². The molecule has 0 aliphatic rings. The van der Waals surface area contributed by atoms with E-state index in [0.29, 0.717) is 17.5 Å². The molecule has 0 saturated heterocycles. The molecule has 0 N–H and O–H groups in total. The van der Waals surface area contributed by atoms with Crippen LogP contribution in [-0.2, 0) is 0 Å². The SMILES string of the molecule is c1ccc(-c2nc(-c3ccccc3)nc(-c3cc(-c4ccc(-c5ccccc5)c(-c5ccccc5)c4)cnc3-n3c4ccccc4c4ccc5sc6ccccc6c5c43)n2)cc1. The first-order valence-corrected chi connectivity index (χ1v) is 21.5. The number of benzene rings is 8. The third kappa shape index (κ3) is 6.08. The largest absolute Gasteiger partial charge is 0.292 e. The molecule has 4 aromatic heterocycles. The zero-order valence-corrected chi connectivity index (χ0v) is 34.2. The average Bonchev–Trinajstić information content (AvgIpc) is 3.90. The van der Waals surface area contributed by atoms with Crippen LogP contribution in [0.4, 0.5) is 0 Å². The van der Waals surface area contributed by atoms with E-state index >= 15 is 0 Å². The van der Waals surface area contributed by atoms with Gasteiger partial charge in [-0.15, -0.1) is 11.3 Å². The molecular weight excluding hydrogens is 775 g/mol. The summed E-state index contributed by atoms with van der Waals surface area (Å²) in [5.74, 6) is 2.48. The van der Waals surface area contributed by atoms with E-state index in [9.17, 15) is 0 Å². The maximum atomic E-state index is 5.50. The van der Waals surface area contributed by atoms with Crippen molar-refractivity contribution < 1.29 is 0 Å². The van der Waals surface area contributed by atoms with Crippen LogP contribution in [-0.4, -0.2) is 24.5 Å². The Morgan fingerprint density at radius 3 is 1.58 bits per heavy atom. The van der Waals surface area contributed by atoms with E-state index in [0.717, 1.165) is 66.7 Å². The van der Waals surface area contributed by atoms with Crippen LogP contribution in [0.2, 0.25) is 0 Å². The lowest BCUT2D eigenvalue weighted by Gasteiger charge is -2.17. The quantitative estimate of drug-likeness (QED) is 0.161. The number of aromatic nitrogens is 5. The predicted molar refractivity (Wildman–Crippen MR) is 257 cm³/mol. The molecule has 12 aromatic rings. The summed E-state index contributed by atoms with van der Waals surface area (Å²) in [6.07, 6.45) is 2.01. The topological polar surface area (TPSA) is 56.5 Å². The lowest BCUT2D eigenvalue weighted by Crippen LogP contribution is -2.06. The van der Waals surface area contributed by atoms with Gasteiger partial charge in [0.05, 0.1) is 16.6 Å². The van der Waals surface area contributed by atoms with Gasteiger partial charge in [0.15, 0.2) is 17.5 Å². The van der Waals surface area contributed by atoms with Crippen LogP contribution in [0, 0.1) is 0 Å². The molecule has 0 fully saturated rings. The molecule has 290 valence electrons. The van der Waals surface area contributed by atoms with Crippen LogP contribution >= 0.6 is 11.3 Å². The first-order valence-electron chi connectivity index (χ1n) is 20.7. The van der Waals surface area contributed by atoms with Gasteiger partial charge in [-0.1, -0.05) is 176 Å². The molecule has 5 nitrogen and oxygen atoms in total. The van der Waals surface area contributed by atoms with Crippen LogP contribution in [0.5, 0.6) is 0 Å². The lowest BCUT2D eigenvalue weighted by molar-refractivity contribution is 1.04. The molecule has 8 aromatic carbocycles. The fourth-order valence-electron chi connectivity index (χ4n) is 8.82. The van der Waals surface area contributed by atoms with Crippen molar-refractivity contribution >= 4 is 53.3 Å². The number of nitrogens with zero attached hydrogens (tertiary/aromatic N) is 5. The highest BCUT2D eigenvalue weighted by Crippen LogP contribution is 2.45. The summed E-state index contributed by atoms with van der Waals surface area (Å²) in [7, 11) is 0. The van der Waals surface area contributed by atoms with Crippen LogP contribution in [0.1, 0.15) is 0 Å². The van der Waals surface area contributed by atoms with E-state index in [4.69, 9.17) is 19.9 Å². The normalized spacial score (nSPS) is 11.5. The van der Waals surface area contributed by atoms with Gasteiger partial charge in [0.2, 0.25) is 0 Å². The maximum Gasteiger partial charge on any atom is 0.167 e. The fourth-order valence-corrected chi connectivity index (χ4v) is 9.93. The smallest absolute Gasteiger partial charge is 0.167 e. The number of rotatable bonds is 7. The van der Waals surface area contributed by atoms with Gasteiger partial charge in [-0.3, -0.25) is 4.57 Å². The van der Waals surface area contributed by atoms with Gasteiger partial charge in [-0.25, -0.2) is 19.9 Å². The van der Waals surface area contributed by atoms with Crippen molar-refractivity contribution in [3.63, 3.8) is 0 Å².